The molecule has 1 aromatic carbocycles. The summed E-state index contributed by atoms with van der Waals surface area (Å²) in [5.41, 5.74) is 4.48. The van der Waals surface area contributed by atoms with E-state index in [-0.39, 0.29) is 6.10 Å². The standard InChI is InChI=1S/C17H18N2OS/c1-2-16(20)11-19-8-6-17(18-19)14-5-3-4-13(10-14)15-7-9-21-12-15/h3-10,12,16,20H,2,11H2,1H3. The van der Waals surface area contributed by atoms with Crippen LogP contribution in [0.4, 0.5) is 0 Å². The molecule has 0 saturated carbocycles. The van der Waals surface area contributed by atoms with Crippen LogP contribution in [0, 0.1) is 0 Å². The average Bonchev–Trinajstić information content (AvgIpc) is 3.19. The smallest absolute Gasteiger partial charge is 0.0923 e. The van der Waals surface area contributed by atoms with E-state index < -0.39 is 0 Å². The maximum Gasteiger partial charge on any atom is 0.0923 e. The number of benzene rings is 1. The van der Waals surface area contributed by atoms with E-state index >= 15 is 0 Å². The van der Waals surface area contributed by atoms with Crippen LogP contribution in [0.3, 0.4) is 0 Å². The first-order valence-corrected chi connectivity index (χ1v) is 8.05. The summed E-state index contributed by atoms with van der Waals surface area (Å²) in [7, 11) is 0. The molecule has 0 bridgehead atoms. The second-order valence-electron chi connectivity index (χ2n) is 5.08. The van der Waals surface area contributed by atoms with Crippen LogP contribution >= 0.6 is 11.3 Å². The zero-order valence-electron chi connectivity index (χ0n) is 11.9. The third kappa shape index (κ3) is 3.23. The van der Waals surface area contributed by atoms with Crippen LogP contribution in [-0.2, 0) is 6.54 Å². The van der Waals surface area contributed by atoms with E-state index in [0.717, 1.165) is 17.7 Å². The van der Waals surface area contributed by atoms with Crippen LogP contribution in [0.25, 0.3) is 22.4 Å². The van der Waals surface area contributed by atoms with Gasteiger partial charge in [0.1, 0.15) is 0 Å². The molecule has 0 aliphatic carbocycles. The maximum atomic E-state index is 9.70. The molecule has 0 radical (unpaired) electrons. The molecule has 1 atom stereocenters. The molecule has 3 aromatic rings. The minimum absolute atomic E-state index is 0.338. The third-order valence-electron chi connectivity index (χ3n) is 3.52. The van der Waals surface area contributed by atoms with E-state index in [1.54, 1.807) is 16.0 Å². The Morgan fingerprint density at radius 1 is 1.19 bits per heavy atom. The van der Waals surface area contributed by atoms with Gasteiger partial charge in [0.2, 0.25) is 0 Å². The molecule has 1 unspecified atom stereocenters. The fraction of sp³-hybridized carbons (Fsp3) is 0.235. The molecule has 0 spiro atoms. The van der Waals surface area contributed by atoms with Crippen LogP contribution in [-0.4, -0.2) is 21.0 Å². The molecule has 1 N–H and O–H groups in total. The summed E-state index contributed by atoms with van der Waals surface area (Å²) in [6, 6.07) is 12.5. The minimum atomic E-state index is -0.338. The Kier molecular flexibility index (Phi) is 4.18. The van der Waals surface area contributed by atoms with Gasteiger partial charge < -0.3 is 5.11 Å². The summed E-state index contributed by atoms with van der Waals surface area (Å²) in [5, 5.41) is 18.5. The van der Waals surface area contributed by atoms with Gasteiger partial charge in [0.25, 0.3) is 0 Å². The summed E-state index contributed by atoms with van der Waals surface area (Å²) in [6.07, 6.45) is 2.32. The first-order chi connectivity index (χ1) is 10.3. The monoisotopic (exact) mass is 298 g/mol. The van der Waals surface area contributed by atoms with E-state index in [4.69, 9.17) is 0 Å². The molecule has 0 saturated heterocycles. The molecule has 0 fully saturated rings. The summed E-state index contributed by atoms with van der Waals surface area (Å²) in [6.45, 7) is 2.51. The SMILES string of the molecule is CCC(O)Cn1ccc(-c2cccc(-c3ccsc3)c2)n1. The predicted octanol–water partition coefficient (Wildman–Crippen LogP) is 4.05. The molecule has 2 aromatic heterocycles. The fourth-order valence-corrected chi connectivity index (χ4v) is 2.91. The van der Waals surface area contributed by atoms with Gasteiger partial charge in [0.15, 0.2) is 0 Å². The second kappa shape index (κ2) is 6.24. The molecule has 2 heterocycles. The number of aromatic nitrogens is 2. The van der Waals surface area contributed by atoms with Gasteiger partial charge in [0.05, 0.1) is 18.3 Å². The van der Waals surface area contributed by atoms with Crippen LogP contribution in [0.1, 0.15) is 13.3 Å². The zero-order valence-corrected chi connectivity index (χ0v) is 12.8. The number of nitrogens with zero attached hydrogens (tertiary/aromatic N) is 2. The van der Waals surface area contributed by atoms with Gasteiger partial charge in [0, 0.05) is 11.8 Å². The number of aliphatic hydroxyl groups is 1. The van der Waals surface area contributed by atoms with Crippen molar-refractivity contribution < 1.29 is 5.11 Å². The van der Waals surface area contributed by atoms with E-state index in [2.05, 4.69) is 46.2 Å². The van der Waals surface area contributed by atoms with Gasteiger partial charge in [-0.1, -0.05) is 25.1 Å². The van der Waals surface area contributed by atoms with Crippen molar-refractivity contribution in [1.29, 1.82) is 0 Å². The lowest BCUT2D eigenvalue weighted by Gasteiger charge is -2.07. The van der Waals surface area contributed by atoms with Gasteiger partial charge >= 0.3 is 0 Å². The van der Waals surface area contributed by atoms with E-state index in [1.807, 2.05) is 19.2 Å². The Morgan fingerprint density at radius 2 is 2.05 bits per heavy atom. The molecule has 3 rings (SSSR count). The van der Waals surface area contributed by atoms with Crippen molar-refractivity contribution in [1.82, 2.24) is 9.78 Å². The van der Waals surface area contributed by atoms with Crippen molar-refractivity contribution in [2.24, 2.45) is 0 Å². The Labute approximate surface area is 128 Å². The Hall–Kier alpha value is -1.91. The first kappa shape index (κ1) is 14.0. The van der Waals surface area contributed by atoms with E-state index in [9.17, 15) is 5.11 Å². The average molecular weight is 298 g/mol. The van der Waals surface area contributed by atoms with Gasteiger partial charge in [-0.2, -0.15) is 16.4 Å². The summed E-state index contributed by atoms with van der Waals surface area (Å²) in [5.74, 6) is 0. The molecule has 21 heavy (non-hydrogen) atoms. The van der Waals surface area contributed by atoms with Gasteiger partial charge in [-0.05, 0) is 46.5 Å². The van der Waals surface area contributed by atoms with Crippen LogP contribution in [0.5, 0.6) is 0 Å². The molecule has 0 aliphatic heterocycles. The quantitative estimate of drug-likeness (QED) is 0.771. The highest BCUT2D eigenvalue weighted by Gasteiger charge is 2.07. The highest BCUT2D eigenvalue weighted by Crippen LogP contribution is 2.26. The van der Waals surface area contributed by atoms with E-state index in [0.29, 0.717) is 6.54 Å². The molecular weight excluding hydrogens is 280 g/mol. The highest BCUT2D eigenvalue weighted by atomic mass is 32.1. The Balaban J connectivity index is 1.86. The van der Waals surface area contributed by atoms with Crippen LogP contribution in [0.2, 0.25) is 0 Å². The lowest BCUT2D eigenvalue weighted by molar-refractivity contribution is 0.145. The van der Waals surface area contributed by atoms with E-state index in [1.165, 1.54) is 11.1 Å². The van der Waals surface area contributed by atoms with Crippen molar-refractivity contribution in [3.05, 3.63) is 53.4 Å². The highest BCUT2D eigenvalue weighted by molar-refractivity contribution is 7.08. The molecule has 108 valence electrons. The van der Waals surface area contributed by atoms with Crippen molar-refractivity contribution in [2.45, 2.75) is 26.0 Å². The first-order valence-electron chi connectivity index (χ1n) is 7.11. The van der Waals surface area contributed by atoms with Gasteiger partial charge in [-0.25, -0.2) is 0 Å². The fourth-order valence-electron chi connectivity index (χ4n) is 2.25. The number of aliphatic hydroxyl groups excluding tert-OH is 1. The molecular formula is C17H18N2OS. The molecule has 0 aliphatic rings. The molecule has 3 nitrogen and oxygen atoms in total. The van der Waals surface area contributed by atoms with Crippen molar-refractivity contribution in [3.63, 3.8) is 0 Å². The second-order valence-corrected chi connectivity index (χ2v) is 5.86. The van der Waals surface area contributed by atoms with Crippen LogP contribution in [0.15, 0.2) is 53.4 Å². The summed E-state index contributed by atoms with van der Waals surface area (Å²) < 4.78 is 1.81. The topological polar surface area (TPSA) is 38.0 Å². The number of thiophene rings is 1. The predicted molar refractivity (Wildman–Crippen MR) is 87.3 cm³/mol. The number of hydrogen-bond donors (Lipinski definition) is 1. The molecule has 4 heteroatoms. The lowest BCUT2D eigenvalue weighted by Crippen LogP contribution is -2.14. The van der Waals surface area contributed by atoms with Gasteiger partial charge in [-0.15, -0.1) is 0 Å². The Bertz CT molecular complexity index is 703. The largest absolute Gasteiger partial charge is 0.391 e. The maximum absolute atomic E-state index is 9.70. The normalized spacial score (nSPS) is 12.5. The van der Waals surface area contributed by atoms with Crippen molar-refractivity contribution in [3.8, 4) is 22.4 Å². The van der Waals surface area contributed by atoms with Crippen LogP contribution < -0.4 is 0 Å². The van der Waals surface area contributed by atoms with Gasteiger partial charge in [-0.3, -0.25) is 4.68 Å². The molecule has 0 amide bonds. The van der Waals surface area contributed by atoms with Crippen molar-refractivity contribution >= 4 is 11.3 Å². The third-order valence-corrected chi connectivity index (χ3v) is 4.21. The summed E-state index contributed by atoms with van der Waals surface area (Å²) in [4.78, 5) is 0. The van der Waals surface area contributed by atoms with Crippen molar-refractivity contribution in [2.75, 3.05) is 0 Å². The summed E-state index contributed by atoms with van der Waals surface area (Å²) >= 11 is 1.70. The number of rotatable bonds is 5. The minimum Gasteiger partial charge on any atom is -0.391 e. The lowest BCUT2D eigenvalue weighted by atomic mass is 10.0. The zero-order chi connectivity index (χ0) is 14.7. The number of hydrogen-bond acceptors (Lipinski definition) is 3. The Morgan fingerprint density at radius 3 is 2.81 bits per heavy atom.